The normalized spacial score (nSPS) is 33.8. The third-order valence-electron chi connectivity index (χ3n) is 12.8. The molecule has 2 N–H and O–H groups in total. The van der Waals surface area contributed by atoms with Gasteiger partial charge in [0.05, 0.1) is 18.8 Å². The molecule has 4 aliphatic carbocycles. The number of hydrogen-bond donors (Lipinski definition) is 2. The molecule has 1 aromatic carbocycles. The Morgan fingerprint density at radius 2 is 1.32 bits per heavy atom. The second kappa shape index (κ2) is 12.8. The third-order valence-corrected chi connectivity index (χ3v) is 14.1. The summed E-state index contributed by atoms with van der Waals surface area (Å²) in [6, 6.07) is 2.74. The molecule has 0 aromatic heterocycles. The molecule has 324 valence electrons. The van der Waals surface area contributed by atoms with Crippen LogP contribution < -0.4 is 4.18 Å². The van der Waals surface area contributed by atoms with Crippen LogP contribution in [0.15, 0.2) is 35.4 Å². The van der Waals surface area contributed by atoms with E-state index in [9.17, 15) is 71.3 Å². The van der Waals surface area contributed by atoms with E-state index in [4.69, 9.17) is 9.47 Å². The molecule has 0 amide bonds. The summed E-state index contributed by atoms with van der Waals surface area (Å²) < 4.78 is 234. The number of alkyl halides is 14. The van der Waals surface area contributed by atoms with Gasteiger partial charge >= 0.3 is 45.5 Å². The van der Waals surface area contributed by atoms with E-state index in [0.29, 0.717) is 23.3 Å². The van der Waals surface area contributed by atoms with Crippen molar-refractivity contribution in [1.29, 1.82) is 0 Å². The van der Waals surface area contributed by atoms with E-state index in [1.54, 1.807) is 0 Å². The molecular weight excluding hydrogens is 830 g/mol. The van der Waals surface area contributed by atoms with Gasteiger partial charge in [-0.1, -0.05) is 38.5 Å². The SMILES string of the molecule is CC1(C)COC2(CCC3=C4C(c5ccc(OS(=O)(=O)C(F)(F)C(F)(F)C(F)(F)C(F)(F)F)cc5)C[C@@]5(C)C(CC[C@@]5(O)C(F)(F)C(F)(F)F)C4CC[C@@]3(O)C2)OC1. The van der Waals surface area contributed by atoms with Crippen molar-refractivity contribution in [1.82, 2.24) is 0 Å². The monoisotopic (exact) mass is 868 g/mol. The summed E-state index contributed by atoms with van der Waals surface area (Å²) in [5.74, 6) is -26.4. The van der Waals surface area contributed by atoms with Crippen molar-refractivity contribution >= 4 is 10.1 Å². The molecule has 22 heteroatoms. The molecular formula is C35H38F14O7S. The maximum Gasteiger partial charge on any atom is 0.460 e. The Hall–Kier alpha value is -2.43. The molecule has 57 heavy (non-hydrogen) atoms. The van der Waals surface area contributed by atoms with Gasteiger partial charge in [0.1, 0.15) is 11.4 Å². The Morgan fingerprint density at radius 3 is 1.84 bits per heavy atom. The van der Waals surface area contributed by atoms with Crippen molar-refractivity contribution in [3.05, 3.63) is 41.0 Å². The van der Waals surface area contributed by atoms with Crippen molar-refractivity contribution in [2.45, 2.75) is 130 Å². The fourth-order valence-corrected chi connectivity index (χ4v) is 10.7. The predicted octanol–water partition coefficient (Wildman–Crippen LogP) is 9.04. The van der Waals surface area contributed by atoms with Gasteiger partial charge in [0.2, 0.25) is 0 Å². The van der Waals surface area contributed by atoms with Gasteiger partial charge in [-0.3, -0.25) is 0 Å². The van der Waals surface area contributed by atoms with E-state index < -0.39 is 104 Å². The highest BCUT2D eigenvalue weighted by molar-refractivity contribution is 7.88. The minimum atomic E-state index is -7.58. The first-order valence-electron chi connectivity index (χ1n) is 17.7. The first-order chi connectivity index (χ1) is 25.6. The predicted molar refractivity (Wildman–Crippen MR) is 168 cm³/mol. The molecule has 0 bridgehead atoms. The number of aliphatic hydroxyl groups is 2. The number of allylic oxidation sites excluding steroid dienone is 1. The van der Waals surface area contributed by atoms with Crippen molar-refractivity contribution in [2.24, 2.45) is 22.7 Å². The summed E-state index contributed by atoms with van der Waals surface area (Å²) in [6.45, 7) is 5.40. The second-order valence-corrected chi connectivity index (χ2v) is 18.5. The largest absolute Gasteiger partial charge is 0.460 e. The topological polar surface area (TPSA) is 102 Å². The van der Waals surface area contributed by atoms with Crippen LogP contribution in [0.25, 0.3) is 0 Å². The Balaban J connectivity index is 1.41. The first-order valence-corrected chi connectivity index (χ1v) is 19.1. The number of halogens is 14. The Bertz CT molecular complexity index is 1890. The van der Waals surface area contributed by atoms with Crippen molar-refractivity contribution in [3.63, 3.8) is 0 Å². The second-order valence-electron chi connectivity index (χ2n) is 17.0. The van der Waals surface area contributed by atoms with E-state index in [0.717, 1.165) is 19.1 Å². The average molecular weight is 869 g/mol. The maximum absolute atomic E-state index is 15.4. The summed E-state index contributed by atoms with van der Waals surface area (Å²) in [5, 5.41) is 16.5. The highest BCUT2D eigenvalue weighted by Gasteiger charge is 2.86. The number of rotatable bonds is 7. The zero-order chi connectivity index (χ0) is 43.1. The standard InChI is InChI=1S/C35H38F14O7S/c1-25(2)16-54-28(55-17-25)12-9-23-24-20(8-11-27(23,50)15-28)22-10-13-29(51,30(36,37)33(42,43)44)26(22,3)14-21(24)18-4-6-19(7-5-18)56-57(52,53)35(48,49)32(40,41)31(38,39)34(45,46)47/h4-7,20-22,50-51H,8-17H2,1-3H3/t20?,21?,22?,26-,27+,29-/m0/s1. The minimum absolute atomic E-state index is 0.0153. The summed E-state index contributed by atoms with van der Waals surface area (Å²) in [6.07, 6.45) is -15.3. The molecule has 3 saturated carbocycles. The molecule has 0 radical (unpaired) electrons. The van der Waals surface area contributed by atoms with Crippen LogP contribution in [-0.4, -0.2) is 84.2 Å². The molecule has 1 saturated heterocycles. The summed E-state index contributed by atoms with van der Waals surface area (Å²) in [5.41, 5.74) is -7.15. The van der Waals surface area contributed by atoms with Crippen LogP contribution in [0, 0.1) is 22.7 Å². The van der Waals surface area contributed by atoms with E-state index in [2.05, 4.69) is 4.18 Å². The zero-order valence-corrected chi connectivity index (χ0v) is 31.1. The summed E-state index contributed by atoms with van der Waals surface area (Å²) in [4.78, 5) is 0. The van der Waals surface area contributed by atoms with Gasteiger partial charge in [-0.2, -0.15) is 69.9 Å². The summed E-state index contributed by atoms with van der Waals surface area (Å²) in [7, 11) is -7.34. The lowest BCUT2D eigenvalue weighted by Gasteiger charge is -2.59. The number of benzene rings is 1. The fraction of sp³-hybridized carbons (Fsp3) is 0.771. The third kappa shape index (κ3) is 6.28. The Morgan fingerprint density at radius 1 is 0.754 bits per heavy atom. The van der Waals surface area contributed by atoms with E-state index >= 15 is 8.78 Å². The molecule has 7 nitrogen and oxygen atoms in total. The molecule has 1 aromatic rings. The molecule has 1 heterocycles. The van der Waals surface area contributed by atoms with Gasteiger partial charge in [0, 0.05) is 29.6 Å². The minimum Gasteiger partial charge on any atom is -0.385 e. The molecule has 1 aliphatic heterocycles. The van der Waals surface area contributed by atoms with Crippen molar-refractivity contribution in [3.8, 4) is 5.75 Å². The van der Waals surface area contributed by atoms with E-state index in [-0.39, 0.29) is 62.7 Å². The molecule has 1 spiro atoms. The van der Waals surface area contributed by atoms with E-state index in [1.165, 1.54) is 0 Å². The van der Waals surface area contributed by atoms with Crippen molar-refractivity contribution in [2.75, 3.05) is 13.2 Å². The van der Waals surface area contributed by atoms with Gasteiger partial charge in [-0.15, -0.1) is 0 Å². The van der Waals surface area contributed by atoms with Crippen molar-refractivity contribution < 1.29 is 93.8 Å². The van der Waals surface area contributed by atoms with Crippen LogP contribution in [0.1, 0.15) is 83.6 Å². The molecule has 3 unspecified atom stereocenters. The number of hydrogen-bond acceptors (Lipinski definition) is 7. The van der Waals surface area contributed by atoms with Crippen LogP contribution >= 0.6 is 0 Å². The average Bonchev–Trinajstić information content (AvgIpc) is 3.35. The molecule has 6 rings (SSSR count). The molecule has 4 fully saturated rings. The fourth-order valence-electron chi connectivity index (χ4n) is 9.76. The van der Waals surface area contributed by atoms with Gasteiger partial charge in [0.25, 0.3) is 0 Å². The lowest BCUT2D eigenvalue weighted by molar-refractivity contribution is -0.382. The zero-order valence-electron chi connectivity index (χ0n) is 30.2. The van der Waals surface area contributed by atoms with Gasteiger partial charge < -0.3 is 23.9 Å². The first kappa shape index (κ1) is 44.1. The van der Waals surface area contributed by atoms with Gasteiger partial charge in [-0.05, 0) is 73.6 Å². The van der Waals surface area contributed by atoms with Crippen LogP contribution in [0.3, 0.4) is 0 Å². The smallest absolute Gasteiger partial charge is 0.385 e. The summed E-state index contributed by atoms with van der Waals surface area (Å²) >= 11 is 0. The number of fused-ring (bicyclic) bond motifs is 4. The lowest BCUT2D eigenvalue weighted by Crippen LogP contribution is -2.65. The Labute approximate surface area is 316 Å². The maximum atomic E-state index is 15.4. The Kier molecular flexibility index (Phi) is 9.91. The highest BCUT2D eigenvalue weighted by atomic mass is 32.2. The highest BCUT2D eigenvalue weighted by Crippen LogP contribution is 2.71. The van der Waals surface area contributed by atoms with Crippen LogP contribution in [0.2, 0.25) is 0 Å². The number of ether oxygens (including phenoxy) is 2. The van der Waals surface area contributed by atoms with Gasteiger partial charge in [0.15, 0.2) is 5.79 Å². The van der Waals surface area contributed by atoms with E-state index in [1.807, 2.05) is 13.8 Å². The molecule has 6 atom stereocenters. The van der Waals surface area contributed by atoms with Crippen LogP contribution in [-0.2, 0) is 19.6 Å². The van der Waals surface area contributed by atoms with Crippen LogP contribution in [0.5, 0.6) is 5.75 Å². The van der Waals surface area contributed by atoms with Crippen LogP contribution in [0.4, 0.5) is 61.5 Å². The lowest BCUT2D eigenvalue weighted by atomic mass is 9.49. The molecule has 5 aliphatic rings. The van der Waals surface area contributed by atoms with Gasteiger partial charge in [-0.25, -0.2) is 0 Å². The quantitative estimate of drug-likeness (QED) is 0.160.